The van der Waals surface area contributed by atoms with E-state index < -0.39 is 22.3 Å². The normalized spacial score (nSPS) is 16.7. The lowest BCUT2D eigenvalue weighted by molar-refractivity contribution is -0.106. The Morgan fingerprint density at radius 1 is 1.30 bits per heavy atom. The fraction of sp³-hybridized carbons (Fsp3) is 0.444. The minimum absolute atomic E-state index is 0.0512. The largest absolute Gasteiger partial charge is 0.465 e. The number of sulfonamides is 1. The Morgan fingerprint density at radius 3 is 2.80 bits per heavy atom. The van der Waals surface area contributed by atoms with Gasteiger partial charge in [0.2, 0.25) is 5.95 Å². The molecule has 0 saturated carbocycles. The number of anilines is 1. The van der Waals surface area contributed by atoms with Crippen molar-refractivity contribution in [2.75, 3.05) is 11.9 Å². The molecule has 1 atom stereocenters. The van der Waals surface area contributed by atoms with E-state index in [1.807, 2.05) is 11.6 Å². The zero-order valence-electron chi connectivity index (χ0n) is 16.5. The van der Waals surface area contributed by atoms with Crippen LogP contribution in [0.1, 0.15) is 37.8 Å². The minimum Gasteiger partial charge on any atom is -0.465 e. The van der Waals surface area contributed by atoms with Gasteiger partial charge in [-0.2, -0.15) is 9.97 Å². The number of aromatic nitrogens is 3. The Balaban J connectivity index is 1.73. The van der Waals surface area contributed by atoms with Crippen LogP contribution in [0.4, 0.5) is 10.7 Å². The minimum atomic E-state index is -4.29. The fourth-order valence-electron chi connectivity index (χ4n) is 2.77. The standard InChI is InChI=1S/C18H22ClN5O5S/c1-3-15-20-11(2)21-17(22-15)23-18(25)24-30(26,27)14-10-12(7-8-13(14)19)29-16-6-4-5-9-28-16/h7-8,10,16H,3-6,9H2,1-2H3,(H2,20,21,22,23,24,25). The summed E-state index contributed by atoms with van der Waals surface area (Å²) >= 11 is 6.06. The number of urea groups is 1. The number of amides is 2. The first-order valence-electron chi connectivity index (χ1n) is 9.40. The van der Waals surface area contributed by atoms with Crippen LogP contribution in [0.15, 0.2) is 23.1 Å². The molecular formula is C18H22ClN5O5S. The van der Waals surface area contributed by atoms with Crippen molar-refractivity contribution < 1.29 is 22.7 Å². The van der Waals surface area contributed by atoms with Crippen LogP contribution < -0.4 is 14.8 Å². The molecule has 2 heterocycles. The molecule has 10 nitrogen and oxygen atoms in total. The summed E-state index contributed by atoms with van der Waals surface area (Å²) in [4.78, 5) is 24.0. The van der Waals surface area contributed by atoms with E-state index in [0.717, 1.165) is 12.8 Å². The lowest BCUT2D eigenvalue weighted by atomic mass is 10.2. The van der Waals surface area contributed by atoms with Crippen LogP contribution >= 0.6 is 11.6 Å². The van der Waals surface area contributed by atoms with Crippen molar-refractivity contribution in [1.29, 1.82) is 0 Å². The number of aryl methyl sites for hydroxylation is 2. The molecule has 2 amide bonds. The van der Waals surface area contributed by atoms with Crippen LogP contribution in [0.2, 0.25) is 5.02 Å². The number of hydrogen-bond donors (Lipinski definition) is 2. The monoisotopic (exact) mass is 455 g/mol. The molecule has 2 N–H and O–H groups in total. The van der Waals surface area contributed by atoms with Gasteiger partial charge in [0.1, 0.15) is 22.3 Å². The van der Waals surface area contributed by atoms with E-state index in [-0.39, 0.29) is 21.6 Å². The van der Waals surface area contributed by atoms with Crippen molar-refractivity contribution in [3.63, 3.8) is 0 Å². The van der Waals surface area contributed by atoms with Gasteiger partial charge >= 0.3 is 6.03 Å². The van der Waals surface area contributed by atoms with Crippen molar-refractivity contribution in [2.24, 2.45) is 0 Å². The van der Waals surface area contributed by atoms with Crippen LogP contribution in [-0.2, 0) is 21.2 Å². The summed E-state index contributed by atoms with van der Waals surface area (Å²) < 4.78 is 38.5. The summed E-state index contributed by atoms with van der Waals surface area (Å²) in [5, 5.41) is 2.24. The maximum absolute atomic E-state index is 12.7. The number of carbonyl (C=O) groups excluding carboxylic acids is 1. The summed E-state index contributed by atoms with van der Waals surface area (Å²) in [7, 11) is -4.29. The van der Waals surface area contributed by atoms with E-state index in [1.54, 1.807) is 13.0 Å². The zero-order valence-corrected chi connectivity index (χ0v) is 18.1. The van der Waals surface area contributed by atoms with Gasteiger partial charge in [-0.3, -0.25) is 5.32 Å². The Kier molecular flexibility index (Phi) is 7.06. The summed E-state index contributed by atoms with van der Waals surface area (Å²) in [5.41, 5.74) is 0. The van der Waals surface area contributed by atoms with Crippen LogP contribution in [0.3, 0.4) is 0 Å². The molecule has 162 valence electrons. The average Bonchev–Trinajstić information content (AvgIpc) is 2.69. The third kappa shape index (κ3) is 5.77. The molecule has 0 radical (unpaired) electrons. The van der Waals surface area contributed by atoms with Crippen molar-refractivity contribution in [2.45, 2.75) is 50.7 Å². The molecule has 1 aliphatic rings. The van der Waals surface area contributed by atoms with Gasteiger partial charge in [-0.15, -0.1) is 0 Å². The number of benzene rings is 1. The summed E-state index contributed by atoms with van der Waals surface area (Å²) in [6.45, 7) is 4.07. The Bertz CT molecular complexity index is 1030. The maximum atomic E-state index is 12.7. The van der Waals surface area contributed by atoms with Crippen LogP contribution in [0, 0.1) is 6.92 Å². The van der Waals surface area contributed by atoms with E-state index >= 15 is 0 Å². The van der Waals surface area contributed by atoms with Crippen LogP contribution in [0.25, 0.3) is 0 Å². The highest BCUT2D eigenvalue weighted by atomic mass is 35.5. The van der Waals surface area contributed by atoms with Crippen LogP contribution in [-0.4, -0.2) is 42.3 Å². The zero-order chi connectivity index (χ0) is 21.7. The number of rotatable bonds is 6. The van der Waals surface area contributed by atoms with Crippen molar-refractivity contribution in [3.8, 4) is 5.75 Å². The van der Waals surface area contributed by atoms with Crippen molar-refractivity contribution >= 4 is 33.6 Å². The molecule has 12 heteroatoms. The molecule has 1 fully saturated rings. The second kappa shape index (κ2) is 9.54. The van der Waals surface area contributed by atoms with Crippen molar-refractivity contribution in [1.82, 2.24) is 19.7 Å². The number of nitrogens with zero attached hydrogens (tertiary/aromatic N) is 3. The van der Waals surface area contributed by atoms with E-state index in [4.69, 9.17) is 21.1 Å². The van der Waals surface area contributed by atoms with Gasteiger partial charge < -0.3 is 9.47 Å². The smallest absolute Gasteiger partial charge is 0.335 e. The highest BCUT2D eigenvalue weighted by Crippen LogP contribution is 2.28. The molecule has 30 heavy (non-hydrogen) atoms. The van der Waals surface area contributed by atoms with Gasteiger partial charge in [0, 0.05) is 18.9 Å². The number of carbonyl (C=O) groups is 1. The van der Waals surface area contributed by atoms with E-state index in [9.17, 15) is 13.2 Å². The van der Waals surface area contributed by atoms with Gasteiger partial charge in [0.25, 0.3) is 10.0 Å². The SMILES string of the molecule is CCc1nc(C)nc(NC(=O)NS(=O)(=O)c2cc(OC3CCCCO3)ccc2Cl)n1. The molecule has 1 aromatic heterocycles. The third-order valence-corrected chi connectivity index (χ3v) is 5.97. The Morgan fingerprint density at radius 2 is 2.10 bits per heavy atom. The number of hydrogen-bond acceptors (Lipinski definition) is 8. The summed E-state index contributed by atoms with van der Waals surface area (Å²) in [6.07, 6.45) is 2.70. The maximum Gasteiger partial charge on any atom is 0.335 e. The van der Waals surface area contributed by atoms with Gasteiger partial charge in [0.05, 0.1) is 11.6 Å². The average molecular weight is 456 g/mol. The quantitative estimate of drug-likeness (QED) is 0.679. The molecule has 1 unspecified atom stereocenters. The van der Waals surface area contributed by atoms with Gasteiger partial charge in [-0.1, -0.05) is 18.5 Å². The van der Waals surface area contributed by atoms with Gasteiger partial charge in [-0.25, -0.2) is 22.9 Å². The second-order valence-electron chi connectivity index (χ2n) is 6.54. The summed E-state index contributed by atoms with van der Waals surface area (Å²) in [5.74, 6) is 1.09. The molecule has 1 aliphatic heterocycles. The predicted octanol–water partition coefficient (Wildman–Crippen LogP) is 2.81. The number of halogens is 1. The molecule has 3 rings (SSSR count). The lowest BCUT2D eigenvalue weighted by Gasteiger charge is -2.23. The van der Waals surface area contributed by atoms with Gasteiger partial charge in [-0.05, 0) is 31.9 Å². The lowest BCUT2D eigenvalue weighted by Crippen LogP contribution is -2.35. The molecule has 1 saturated heterocycles. The molecule has 0 aliphatic carbocycles. The first kappa shape index (κ1) is 22.2. The topological polar surface area (TPSA) is 132 Å². The second-order valence-corrected chi connectivity index (χ2v) is 8.60. The first-order chi connectivity index (χ1) is 14.3. The fourth-order valence-corrected chi connectivity index (χ4v) is 4.20. The highest BCUT2D eigenvalue weighted by Gasteiger charge is 2.23. The number of ether oxygens (including phenoxy) is 2. The molecule has 1 aromatic carbocycles. The Hall–Kier alpha value is -2.50. The molecular weight excluding hydrogens is 434 g/mol. The highest BCUT2D eigenvalue weighted by molar-refractivity contribution is 7.90. The van der Waals surface area contributed by atoms with E-state index in [0.29, 0.717) is 31.1 Å². The molecule has 2 aromatic rings. The summed E-state index contributed by atoms with van der Waals surface area (Å²) in [6, 6.07) is 3.15. The Labute approximate surface area is 179 Å². The van der Waals surface area contributed by atoms with Gasteiger partial charge in [0.15, 0.2) is 6.29 Å². The molecule has 0 spiro atoms. The van der Waals surface area contributed by atoms with Crippen LogP contribution in [0.5, 0.6) is 5.75 Å². The van der Waals surface area contributed by atoms with Crippen molar-refractivity contribution in [3.05, 3.63) is 34.9 Å². The van der Waals surface area contributed by atoms with E-state index in [1.165, 1.54) is 12.1 Å². The van der Waals surface area contributed by atoms with E-state index in [2.05, 4.69) is 20.3 Å². The molecule has 0 bridgehead atoms. The predicted molar refractivity (Wildman–Crippen MR) is 109 cm³/mol. The number of nitrogens with one attached hydrogen (secondary N) is 2. The first-order valence-corrected chi connectivity index (χ1v) is 11.3. The third-order valence-electron chi connectivity index (χ3n) is 4.16.